The molecule has 0 amide bonds. The van der Waals surface area contributed by atoms with Crippen molar-refractivity contribution >= 4 is 15.9 Å². The van der Waals surface area contributed by atoms with Crippen LogP contribution in [0.1, 0.15) is 41.2 Å². The van der Waals surface area contributed by atoms with Crippen molar-refractivity contribution in [1.82, 2.24) is 0 Å². The predicted molar refractivity (Wildman–Crippen MR) is 85.9 cm³/mol. The van der Waals surface area contributed by atoms with Crippen LogP contribution in [0.15, 0.2) is 46.9 Å². The number of fused-ring (bicyclic) bond motifs is 1. The van der Waals surface area contributed by atoms with E-state index in [4.69, 9.17) is 0 Å². The van der Waals surface area contributed by atoms with Crippen molar-refractivity contribution in [3.8, 4) is 0 Å². The summed E-state index contributed by atoms with van der Waals surface area (Å²) in [6, 6.07) is 14.7. The first kappa shape index (κ1) is 13.8. The van der Waals surface area contributed by atoms with Crippen molar-refractivity contribution in [1.29, 1.82) is 0 Å². The molecule has 1 unspecified atom stereocenters. The summed E-state index contributed by atoms with van der Waals surface area (Å²) in [4.78, 5) is 0. The van der Waals surface area contributed by atoms with Gasteiger partial charge in [-0.25, -0.2) is 0 Å². The van der Waals surface area contributed by atoms with Crippen molar-refractivity contribution < 1.29 is 5.11 Å². The van der Waals surface area contributed by atoms with Gasteiger partial charge in [0.15, 0.2) is 0 Å². The Hall–Kier alpha value is -1.12. The minimum atomic E-state index is -0.414. The molecule has 0 saturated carbocycles. The van der Waals surface area contributed by atoms with E-state index in [-0.39, 0.29) is 0 Å². The maximum Gasteiger partial charge on any atom is 0.0830 e. The molecule has 1 aliphatic rings. The van der Waals surface area contributed by atoms with Gasteiger partial charge in [-0.05, 0) is 60.1 Å². The quantitative estimate of drug-likeness (QED) is 0.871. The smallest absolute Gasteiger partial charge is 0.0830 e. The molecule has 0 saturated heterocycles. The zero-order chi connectivity index (χ0) is 13.9. The van der Waals surface area contributed by atoms with Crippen LogP contribution in [0, 0.1) is 0 Å². The molecule has 2 aromatic carbocycles. The highest BCUT2D eigenvalue weighted by atomic mass is 79.9. The lowest BCUT2D eigenvalue weighted by Gasteiger charge is -2.19. The molecule has 0 fully saturated rings. The minimum absolute atomic E-state index is 0.414. The SMILES string of the molecule is OC(Cc1ccc(Br)cc1)c1ccc2c(c1)CCCC2. The highest BCUT2D eigenvalue weighted by molar-refractivity contribution is 9.10. The van der Waals surface area contributed by atoms with Crippen molar-refractivity contribution in [2.45, 2.75) is 38.2 Å². The molecule has 0 bridgehead atoms. The Morgan fingerprint density at radius 1 is 0.950 bits per heavy atom. The monoisotopic (exact) mass is 330 g/mol. The van der Waals surface area contributed by atoms with E-state index in [0.717, 1.165) is 16.5 Å². The normalized spacial score (nSPS) is 15.7. The van der Waals surface area contributed by atoms with Gasteiger partial charge >= 0.3 is 0 Å². The molecule has 1 aliphatic carbocycles. The van der Waals surface area contributed by atoms with E-state index >= 15 is 0 Å². The fourth-order valence-electron chi connectivity index (χ4n) is 2.92. The molecular weight excluding hydrogens is 312 g/mol. The fourth-order valence-corrected chi connectivity index (χ4v) is 3.19. The lowest BCUT2D eigenvalue weighted by Crippen LogP contribution is -2.07. The summed E-state index contributed by atoms with van der Waals surface area (Å²) in [6.45, 7) is 0. The van der Waals surface area contributed by atoms with Crippen LogP contribution < -0.4 is 0 Å². The number of hydrogen-bond acceptors (Lipinski definition) is 1. The van der Waals surface area contributed by atoms with Crippen LogP contribution in [0.5, 0.6) is 0 Å². The molecule has 1 atom stereocenters. The molecule has 0 spiro atoms. The molecule has 0 radical (unpaired) electrons. The summed E-state index contributed by atoms with van der Waals surface area (Å²) >= 11 is 3.44. The van der Waals surface area contributed by atoms with E-state index in [2.05, 4.69) is 46.3 Å². The number of aliphatic hydroxyl groups is 1. The van der Waals surface area contributed by atoms with Crippen LogP contribution in [0.25, 0.3) is 0 Å². The predicted octanol–water partition coefficient (Wildman–Crippen LogP) is 4.60. The van der Waals surface area contributed by atoms with Gasteiger partial charge in [0.05, 0.1) is 6.10 Å². The highest BCUT2D eigenvalue weighted by Gasteiger charge is 2.13. The molecule has 3 rings (SSSR count). The number of benzene rings is 2. The molecule has 20 heavy (non-hydrogen) atoms. The van der Waals surface area contributed by atoms with Crippen LogP contribution in [0.2, 0.25) is 0 Å². The van der Waals surface area contributed by atoms with Crippen LogP contribution in [-0.4, -0.2) is 5.11 Å². The van der Waals surface area contributed by atoms with Crippen LogP contribution in [-0.2, 0) is 19.3 Å². The van der Waals surface area contributed by atoms with Crippen molar-refractivity contribution in [2.75, 3.05) is 0 Å². The summed E-state index contributed by atoms with van der Waals surface area (Å²) < 4.78 is 1.07. The molecule has 0 aliphatic heterocycles. The van der Waals surface area contributed by atoms with E-state index in [9.17, 15) is 5.11 Å². The van der Waals surface area contributed by atoms with E-state index in [1.54, 1.807) is 0 Å². The Morgan fingerprint density at radius 3 is 2.40 bits per heavy atom. The molecule has 2 aromatic rings. The summed E-state index contributed by atoms with van der Waals surface area (Å²) in [6.07, 6.45) is 5.19. The van der Waals surface area contributed by atoms with Gasteiger partial charge in [0.2, 0.25) is 0 Å². The van der Waals surface area contributed by atoms with E-state index < -0.39 is 6.10 Å². The first-order valence-corrected chi connectivity index (χ1v) is 8.06. The maximum absolute atomic E-state index is 10.4. The largest absolute Gasteiger partial charge is 0.388 e. The first-order chi connectivity index (χ1) is 9.72. The van der Waals surface area contributed by atoms with Gasteiger partial charge < -0.3 is 5.11 Å². The molecule has 0 heterocycles. The van der Waals surface area contributed by atoms with Gasteiger partial charge in [0, 0.05) is 10.9 Å². The summed E-state index contributed by atoms with van der Waals surface area (Å²) in [5, 5.41) is 10.4. The van der Waals surface area contributed by atoms with Gasteiger partial charge in [-0.15, -0.1) is 0 Å². The second-order valence-corrected chi connectivity index (χ2v) is 6.50. The highest BCUT2D eigenvalue weighted by Crippen LogP contribution is 2.26. The Balaban J connectivity index is 1.76. The lowest BCUT2D eigenvalue weighted by atomic mass is 9.89. The summed E-state index contributed by atoms with van der Waals surface area (Å²) in [7, 11) is 0. The third kappa shape index (κ3) is 3.13. The molecule has 1 nitrogen and oxygen atoms in total. The molecular formula is C18H19BrO. The second-order valence-electron chi connectivity index (χ2n) is 5.58. The zero-order valence-electron chi connectivity index (χ0n) is 11.5. The third-order valence-electron chi connectivity index (χ3n) is 4.10. The topological polar surface area (TPSA) is 20.2 Å². The molecule has 0 aromatic heterocycles. The number of aryl methyl sites for hydroxylation is 2. The van der Waals surface area contributed by atoms with Gasteiger partial charge in [0.25, 0.3) is 0 Å². The second kappa shape index (κ2) is 6.11. The summed E-state index contributed by atoms with van der Waals surface area (Å²) in [5.74, 6) is 0. The van der Waals surface area contributed by atoms with Gasteiger partial charge in [-0.3, -0.25) is 0 Å². The Kier molecular flexibility index (Phi) is 4.23. The average Bonchev–Trinajstić information content (AvgIpc) is 2.49. The first-order valence-electron chi connectivity index (χ1n) is 7.26. The number of rotatable bonds is 3. The fraction of sp³-hybridized carbons (Fsp3) is 0.333. The minimum Gasteiger partial charge on any atom is -0.388 e. The van der Waals surface area contributed by atoms with E-state index in [1.807, 2.05) is 12.1 Å². The maximum atomic E-state index is 10.4. The molecule has 104 valence electrons. The van der Waals surface area contributed by atoms with Crippen molar-refractivity contribution in [3.63, 3.8) is 0 Å². The van der Waals surface area contributed by atoms with Gasteiger partial charge in [-0.1, -0.05) is 46.3 Å². The lowest BCUT2D eigenvalue weighted by molar-refractivity contribution is 0.178. The van der Waals surface area contributed by atoms with Crippen LogP contribution in [0.3, 0.4) is 0 Å². The van der Waals surface area contributed by atoms with Crippen LogP contribution in [0.4, 0.5) is 0 Å². The zero-order valence-corrected chi connectivity index (χ0v) is 13.1. The number of halogens is 1. The Morgan fingerprint density at radius 2 is 1.65 bits per heavy atom. The Labute approximate surface area is 128 Å². The molecule has 2 heteroatoms. The van der Waals surface area contributed by atoms with E-state index in [1.165, 1.54) is 36.0 Å². The van der Waals surface area contributed by atoms with Gasteiger partial charge in [-0.2, -0.15) is 0 Å². The Bertz CT molecular complexity index is 589. The van der Waals surface area contributed by atoms with Crippen molar-refractivity contribution in [3.05, 3.63) is 69.2 Å². The molecule has 1 N–H and O–H groups in total. The van der Waals surface area contributed by atoms with Gasteiger partial charge in [0.1, 0.15) is 0 Å². The van der Waals surface area contributed by atoms with E-state index in [0.29, 0.717) is 6.42 Å². The summed E-state index contributed by atoms with van der Waals surface area (Å²) in [5.41, 5.74) is 5.12. The average molecular weight is 331 g/mol. The number of hydrogen-bond donors (Lipinski definition) is 1. The van der Waals surface area contributed by atoms with Crippen LogP contribution >= 0.6 is 15.9 Å². The standard InChI is InChI=1S/C18H19BrO/c19-17-9-5-13(6-10-17)11-18(20)16-8-7-14-3-1-2-4-15(14)12-16/h5-10,12,18,20H,1-4,11H2. The van der Waals surface area contributed by atoms with Crippen molar-refractivity contribution in [2.24, 2.45) is 0 Å². The number of aliphatic hydroxyl groups excluding tert-OH is 1. The third-order valence-corrected chi connectivity index (χ3v) is 4.63.